The van der Waals surface area contributed by atoms with Crippen LogP contribution in [0.25, 0.3) is 5.57 Å². The number of benzene rings is 2. The van der Waals surface area contributed by atoms with Crippen LogP contribution in [0.15, 0.2) is 78.7 Å². The van der Waals surface area contributed by atoms with E-state index in [9.17, 15) is 0 Å². The molecule has 0 nitrogen and oxygen atoms in total. The molecule has 0 atom stereocenters. The van der Waals surface area contributed by atoms with Crippen LogP contribution in [0.2, 0.25) is 0 Å². The minimum absolute atomic E-state index is 1.02. The van der Waals surface area contributed by atoms with Crippen LogP contribution in [0.5, 0.6) is 0 Å². The van der Waals surface area contributed by atoms with Gasteiger partial charge in [-0.1, -0.05) is 72.1 Å². The van der Waals surface area contributed by atoms with Gasteiger partial charge in [0.25, 0.3) is 0 Å². The maximum Gasteiger partial charge on any atom is 0.0393 e. The molecule has 0 unspecified atom stereocenters. The lowest BCUT2D eigenvalue weighted by Gasteiger charge is -2.04. The maximum atomic E-state index is 3.59. The van der Waals surface area contributed by atoms with E-state index in [0.29, 0.717) is 0 Å². The first-order valence-electron chi connectivity index (χ1n) is 5.17. The predicted octanol–water partition coefficient (Wildman–Crippen LogP) is 4.06. The molecule has 16 heavy (non-hydrogen) atoms. The van der Waals surface area contributed by atoms with Crippen LogP contribution in [-0.4, -0.2) is 0 Å². The molecular weight excluding hydrogens is 192 g/mol. The zero-order chi connectivity index (χ0) is 11.2. The largest absolute Gasteiger partial charge is 0.0775 e. The summed E-state index contributed by atoms with van der Waals surface area (Å²) in [5.41, 5.74) is 9.08. The van der Waals surface area contributed by atoms with Crippen molar-refractivity contribution in [3.63, 3.8) is 0 Å². The second kappa shape index (κ2) is 5.00. The monoisotopic (exact) mass is 204 g/mol. The molecule has 0 radical (unpaired) electrons. The highest BCUT2D eigenvalue weighted by molar-refractivity contribution is 5.79. The molecule has 0 heteroatoms. The topological polar surface area (TPSA) is 0 Å². The standard InChI is InChI=1S/C16H12/c1-2-9-16(14-10-5-3-6-11-14)15-12-7-4-8-13-15/h3-8,10-13H,1H2. The first-order valence-corrected chi connectivity index (χ1v) is 5.17. The predicted molar refractivity (Wildman–Crippen MR) is 68.0 cm³/mol. The van der Waals surface area contributed by atoms with Crippen LogP contribution in [0.4, 0.5) is 0 Å². The van der Waals surface area contributed by atoms with Crippen LogP contribution in [0.1, 0.15) is 11.1 Å². The van der Waals surface area contributed by atoms with Gasteiger partial charge in [0.05, 0.1) is 0 Å². The molecule has 0 bridgehead atoms. The number of hydrogen-bond donors (Lipinski definition) is 0. The van der Waals surface area contributed by atoms with Gasteiger partial charge in [0.2, 0.25) is 0 Å². The SMILES string of the molecule is C=C=C=C(c1ccccc1)c1ccccc1. The number of rotatable bonds is 2. The van der Waals surface area contributed by atoms with Gasteiger partial charge < -0.3 is 0 Å². The Labute approximate surface area is 95.9 Å². The Hall–Kier alpha value is -2.26. The Morgan fingerprint density at radius 1 is 0.750 bits per heavy atom. The average molecular weight is 204 g/mol. The molecule has 76 valence electrons. The lowest BCUT2D eigenvalue weighted by Crippen LogP contribution is -1.85. The zero-order valence-corrected chi connectivity index (χ0v) is 8.98. The molecule has 0 fully saturated rings. The summed E-state index contributed by atoms with van der Waals surface area (Å²) in [5, 5.41) is 0. The van der Waals surface area contributed by atoms with Crippen molar-refractivity contribution in [2.75, 3.05) is 0 Å². The lowest BCUT2D eigenvalue weighted by molar-refractivity contribution is 1.55. The van der Waals surface area contributed by atoms with Gasteiger partial charge in [-0.15, -0.1) is 0 Å². The molecule has 0 aliphatic heterocycles. The van der Waals surface area contributed by atoms with Crippen molar-refractivity contribution in [1.29, 1.82) is 0 Å². The van der Waals surface area contributed by atoms with Crippen LogP contribution >= 0.6 is 0 Å². The molecule has 2 aromatic carbocycles. The van der Waals surface area contributed by atoms with Gasteiger partial charge in [0.15, 0.2) is 0 Å². The van der Waals surface area contributed by atoms with E-state index in [1.54, 1.807) is 0 Å². The Morgan fingerprint density at radius 3 is 1.56 bits per heavy atom. The molecule has 0 saturated heterocycles. The summed E-state index contributed by atoms with van der Waals surface area (Å²) < 4.78 is 0. The van der Waals surface area contributed by atoms with E-state index in [-0.39, 0.29) is 0 Å². The van der Waals surface area contributed by atoms with Crippen molar-refractivity contribution in [3.05, 3.63) is 89.8 Å². The summed E-state index contributed by atoms with van der Waals surface area (Å²) in [6.45, 7) is 3.59. The highest BCUT2D eigenvalue weighted by Gasteiger charge is 2.02. The fourth-order valence-corrected chi connectivity index (χ4v) is 1.61. The van der Waals surface area contributed by atoms with Crippen LogP contribution in [0, 0.1) is 0 Å². The van der Waals surface area contributed by atoms with Gasteiger partial charge in [-0.25, -0.2) is 0 Å². The third-order valence-corrected chi connectivity index (χ3v) is 2.34. The number of hydrogen-bond acceptors (Lipinski definition) is 0. The second-order valence-electron chi connectivity index (χ2n) is 3.41. The normalized spacial score (nSPS) is 9.00. The van der Waals surface area contributed by atoms with E-state index >= 15 is 0 Å². The van der Waals surface area contributed by atoms with Crippen LogP contribution < -0.4 is 0 Å². The summed E-state index contributed by atoms with van der Waals surface area (Å²) in [7, 11) is 0. The van der Waals surface area contributed by atoms with E-state index in [1.165, 1.54) is 0 Å². The van der Waals surface area contributed by atoms with Gasteiger partial charge >= 0.3 is 0 Å². The lowest BCUT2D eigenvalue weighted by atomic mass is 9.99. The molecule has 0 heterocycles. The third-order valence-electron chi connectivity index (χ3n) is 2.34. The first kappa shape index (κ1) is 10.3. The van der Waals surface area contributed by atoms with E-state index in [4.69, 9.17) is 0 Å². The first-order chi connectivity index (χ1) is 7.92. The van der Waals surface area contributed by atoms with E-state index < -0.39 is 0 Å². The van der Waals surface area contributed by atoms with E-state index in [0.717, 1.165) is 16.7 Å². The van der Waals surface area contributed by atoms with Gasteiger partial charge in [-0.2, -0.15) is 0 Å². The third kappa shape index (κ3) is 2.21. The molecule has 0 spiro atoms. The zero-order valence-electron chi connectivity index (χ0n) is 8.98. The molecule has 0 aromatic heterocycles. The molecule has 2 rings (SSSR count). The molecule has 0 saturated carbocycles. The summed E-state index contributed by atoms with van der Waals surface area (Å²) in [6.07, 6.45) is 0. The molecular formula is C16H12. The molecule has 0 aliphatic carbocycles. The summed E-state index contributed by atoms with van der Waals surface area (Å²) >= 11 is 0. The maximum absolute atomic E-state index is 3.59. The van der Waals surface area contributed by atoms with Gasteiger partial charge in [0, 0.05) is 5.57 Å². The fourth-order valence-electron chi connectivity index (χ4n) is 1.61. The van der Waals surface area contributed by atoms with Gasteiger partial charge in [-0.3, -0.25) is 0 Å². The van der Waals surface area contributed by atoms with Crippen molar-refractivity contribution >= 4 is 5.57 Å². The van der Waals surface area contributed by atoms with Gasteiger partial charge in [0.1, 0.15) is 0 Å². The van der Waals surface area contributed by atoms with Crippen LogP contribution in [0.3, 0.4) is 0 Å². The summed E-state index contributed by atoms with van der Waals surface area (Å²) in [4.78, 5) is 0. The van der Waals surface area contributed by atoms with E-state index in [1.807, 2.05) is 36.4 Å². The summed E-state index contributed by atoms with van der Waals surface area (Å²) in [5.74, 6) is 0. The average Bonchev–Trinajstić information content (AvgIpc) is 2.38. The van der Waals surface area contributed by atoms with Crippen molar-refractivity contribution in [3.8, 4) is 0 Å². The Balaban J connectivity index is 2.58. The quantitative estimate of drug-likeness (QED) is 0.647. The van der Waals surface area contributed by atoms with Gasteiger partial charge in [-0.05, 0) is 17.7 Å². The van der Waals surface area contributed by atoms with Crippen LogP contribution in [-0.2, 0) is 0 Å². The highest BCUT2D eigenvalue weighted by atomic mass is 14.0. The minimum atomic E-state index is 1.02. The molecule has 2 aromatic rings. The summed E-state index contributed by atoms with van der Waals surface area (Å²) in [6, 6.07) is 20.3. The smallest absolute Gasteiger partial charge is 0.0393 e. The van der Waals surface area contributed by atoms with Crippen molar-refractivity contribution in [2.45, 2.75) is 0 Å². The fraction of sp³-hybridized carbons (Fsp3) is 0. The second-order valence-corrected chi connectivity index (χ2v) is 3.41. The molecule has 0 aliphatic rings. The Bertz CT molecular complexity index is 496. The minimum Gasteiger partial charge on any atom is -0.0775 e. The Morgan fingerprint density at radius 2 is 1.19 bits per heavy atom. The van der Waals surface area contributed by atoms with Crippen molar-refractivity contribution in [1.82, 2.24) is 0 Å². The van der Waals surface area contributed by atoms with Crippen molar-refractivity contribution in [2.24, 2.45) is 0 Å². The molecule has 0 N–H and O–H groups in total. The molecule has 0 amide bonds. The Kier molecular flexibility index (Phi) is 3.21. The highest BCUT2D eigenvalue weighted by Crippen LogP contribution is 2.21. The van der Waals surface area contributed by atoms with Crippen molar-refractivity contribution < 1.29 is 0 Å². The van der Waals surface area contributed by atoms with E-state index in [2.05, 4.69) is 42.3 Å².